The van der Waals surface area contributed by atoms with Gasteiger partial charge < -0.3 is 14.0 Å². The van der Waals surface area contributed by atoms with Crippen LogP contribution in [0.4, 0.5) is 0 Å². The first-order valence-electron chi connectivity index (χ1n) is 10.6. The number of rotatable bonds is 4. The zero-order chi connectivity index (χ0) is 22.4. The SMILES string of the molecule is COc1ccc(OC)c(C=C2C(c3ccccc3)=C(C)[n+]3ccc4c(nc(C)n4C)c32)c1. The first-order valence-corrected chi connectivity index (χ1v) is 10.6. The number of fused-ring (bicyclic) bond motifs is 3. The average Bonchev–Trinajstić information content (AvgIpc) is 3.27. The fourth-order valence-electron chi connectivity index (χ4n) is 4.51. The maximum atomic E-state index is 5.68. The molecular weight excluding hydrogens is 398 g/mol. The van der Waals surface area contributed by atoms with E-state index in [2.05, 4.69) is 65.7 Å². The van der Waals surface area contributed by atoms with Crippen molar-refractivity contribution in [2.45, 2.75) is 13.8 Å². The van der Waals surface area contributed by atoms with Crippen molar-refractivity contribution >= 4 is 34.0 Å². The number of pyridine rings is 1. The van der Waals surface area contributed by atoms with Crippen molar-refractivity contribution in [2.75, 3.05) is 14.2 Å². The lowest BCUT2D eigenvalue weighted by molar-refractivity contribution is -0.578. The maximum absolute atomic E-state index is 5.68. The van der Waals surface area contributed by atoms with Crippen LogP contribution in [0.1, 0.15) is 29.6 Å². The minimum atomic E-state index is 0.789. The molecule has 3 heterocycles. The number of methoxy groups -OCH3 is 2. The van der Waals surface area contributed by atoms with E-state index >= 15 is 0 Å². The molecule has 0 radical (unpaired) electrons. The molecule has 0 saturated carbocycles. The number of aromatic nitrogens is 3. The summed E-state index contributed by atoms with van der Waals surface area (Å²) in [5.74, 6) is 2.57. The molecule has 0 spiro atoms. The molecule has 4 aromatic rings. The van der Waals surface area contributed by atoms with E-state index < -0.39 is 0 Å². The highest BCUT2D eigenvalue weighted by atomic mass is 16.5. The van der Waals surface area contributed by atoms with Gasteiger partial charge in [-0.25, -0.2) is 4.98 Å². The predicted molar refractivity (Wildman–Crippen MR) is 128 cm³/mol. The van der Waals surface area contributed by atoms with Crippen molar-refractivity contribution in [3.8, 4) is 11.5 Å². The Bertz CT molecular complexity index is 1410. The lowest BCUT2D eigenvalue weighted by Crippen LogP contribution is -2.31. The van der Waals surface area contributed by atoms with E-state index in [9.17, 15) is 0 Å². The zero-order valence-corrected chi connectivity index (χ0v) is 19.0. The molecule has 0 saturated heterocycles. The van der Waals surface area contributed by atoms with Gasteiger partial charge in [-0.3, -0.25) is 0 Å². The molecule has 1 aliphatic heterocycles. The van der Waals surface area contributed by atoms with Gasteiger partial charge in [-0.1, -0.05) is 30.3 Å². The molecule has 2 aromatic heterocycles. The number of ether oxygens (including phenoxy) is 2. The maximum Gasteiger partial charge on any atom is 0.247 e. The molecule has 0 unspecified atom stereocenters. The summed E-state index contributed by atoms with van der Waals surface area (Å²) in [6.07, 6.45) is 4.33. The Balaban J connectivity index is 1.85. The predicted octanol–water partition coefficient (Wildman–Crippen LogP) is 5.13. The summed E-state index contributed by atoms with van der Waals surface area (Å²) in [5, 5.41) is 0. The Labute approximate surface area is 187 Å². The van der Waals surface area contributed by atoms with Crippen molar-refractivity contribution in [3.05, 3.63) is 83.4 Å². The van der Waals surface area contributed by atoms with E-state index in [4.69, 9.17) is 14.5 Å². The Hall–Kier alpha value is -3.86. The van der Waals surface area contributed by atoms with Crippen molar-refractivity contribution < 1.29 is 14.0 Å². The summed E-state index contributed by atoms with van der Waals surface area (Å²) in [6, 6.07) is 18.5. The van der Waals surface area contributed by atoms with Crippen LogP contribution in [0.15, 0.2) is 60.8 Å². The molecule has 0 atom stereocenters. The third kappa shape index (κ3) is 3.01. The van der Waals surface area contributed by atoms with Crippen LogP contribution >= 0.6 is 0 Å². The highest BCUT2D eigenvalue weighted by molar-refractivity contribution is 6.19. The molecular formula is C27H26N3O2+. The summed E-state index contributed by atoms with van der Waals surface area (Å²) in [4.78, 5) is 4.93. The Morgan fingerprint density at radius 2 is 1.75 bits per heavy atom. The van der Waals surface area contributed by atoms with Crippen molar-refractivity contribution in [2.24, 2.45) is 7.05 Å². The fraction of sp³-hybridized carbons (Fsp3) is 0.185. The van der Waals surface area contributed by atoms with Crippen molar-refractivity contribution in [1.82, 2.24) is 9.55 Å². The van der Waals surface area contributed by atoms with Gasteiger partial charge in [-0.05, 0) is 36.8 Å². The second-order valence-corrected chi connectivity index (χ2v) is 7.98. The second-order valence-electron chi connectivity index (χ2n) is 7.98. The van der Waals surface area contributed by atoms with Gasteiger partial charge in [0.1, 0.15) is 17.3 Å². The highest BCUT2D eigenvalue weighted by Crippen LogP contribution is 2.42. The van der Waals surface area contributed by atoms with Gasteiger partial charge >= 0.3 is 0 Å². The van der Waals surface area contributed by atoms with Gasteiger partial charge in [0.25, 0.3) is 0 Å². The van der Waals surface area contributed by atoms with Gasteiger partial charge in [0.05, 0.1) is 30.9 Å². The lowest BCUT2D eigenvalue weighted by atomic mass is 9.94. The van der Waals surface area contributed by atoms with Crippen LogP contribution in [0.2, 0.25) is 0 Å². The Kier molecular flexibility index (Phi) is 4.82. The van der Waals surface area contributed by atoms with Gasteiger partial charge in [0.15, 0.2) is 17.4 Å². The summed E-state index contributed by atoms with van der Waals surface area (Å²) >= 11 is 0. The van der Waals surface area contributed by atoms with Gasteiger partial charge in [0.2, 0.25) is 5.69 Å². The molecule has 5 rings (SSSR count). The molecule has 0 amide bonds. The molecule has 32 heavy (non-hydrogen) atoms. The first-order chi connectivity index (χ1) is 15.5. The third-order valence-electron chi connectivity index (χ3n) is 6.26. The van der Waals surface area contributed by atoms with Gasteiger partial charge in [-0.15, -0.1) is 0 Å². The van der Waals surface area contributed by atoms with Crippen molar-refractivity contribution in [1.29, 1.82) is 0 Å². The smallest absolute Gasteiger partial charge is 0.247 e. The van der Waals surface area contributed by atoms with E-state index in [0.717, 1.165) is 45.2 Å². The topological polar surface area (TPSA) is 40.2 Å². The number of benzene rings is 2. The molecule has 0 N–H and O–H groups in total. The fourth-order valence-corrected chi connectivity index (χ4v) is 4.51. The summed E-state index contributed by atoms with van der Waals surface area (Å²) < 4.78 is 15.6. The van der Waals surface area contributed by atoms with Gasteiger partial charge in [0, 0.05) is 25.6 Å². The average molecular weight is 425 g/mol. The Morgan fingerprint density at radius 1 is 0.969 bits per heavy atom. The summed E-state index contributed by atoms with van der Waals surface area (Å²) in [7, 11) is 5.43. The summed E-state index contributed by atoms with van der Waals surface area (Å²) in [6.45, 7) is 4.20. The van der Waals surface area contributed by atoms with E-state index in [1.165, 1.54) is 16.8 Å². The van der Waals surface area contributed by atoms with Crippen LogP contribution in [-0.2, 0) is 7.05 Å². The van der Waals surface area contributed by atoms with Crippen molar-refractivity contribution in [3.63, 3.8) is 0 Å². The number of imidazole rings is 1. The van der Waals surface area contributed by atoms with Gasteiger partial charge in [-0.2, -0.15) is 4.57 Å². The number of hydrogen-bond donors (Lipinski definition) is 0. The first kappa shape index (κ1) is 20.1. The van der Waals surface area contributed by atoms with E-state index in [0.29, 0.717) is 0 Å². The molecule has 0 aliphatic carbocycles. The van der Waals surface area contributed by atoms with Crippen LogP contribution < -0.4 is 14.0 Å². The molecule has 2 aromatic carbocycles. The monoisotopic (exact) mass is 424 g/mol. The van der Waals surface area contributed by atoms with Crippen LogP contribution in [0.3, 0.4) is 0 Å². The minimum Gasteiger partial charge on any atom is -0.497 e. The number of nitrogens with zero attached hydrogens (tertiary/aromatic N) is 3. The Morgan fingerprint density at radius 3 is 2.47 bits per heavy atom. The number of aryl methyl sites for hydroxylation is 2. The van der Waals surface area contributed by atoms with Crippen LogP contribution in [0.25, 0.3) is 34.0 Å². The van der Waals surface area contributed by atoms with E-state index in [1.54, 1.807) is 14.2 Å². The van der Waals surface area contributed by atoms with E-state index in [1.807, 2.05) is 31.2 Å². The number of allylic oxidation sites excluding steroid dienone is 3. The largest absolute Gasteiger partial charge is 0.497 e. The third-order valence-corrected chi connectivity index (χ3v) is 6.26. The normalized spacial score (nSPS) is 14.3. The molecule has 0 bridgehead atoms. The van der Waals surface area contributed by atoms with E-state index in [-0.39, 0.29) is 0 Å². The van der Waals surface area contributed by atoms with Crippen LogP contribution in [0.5, 0.6) is 11.5 Å². The highest BCUT2D eigenvalue weighted by Gasteiger charge is 2.36. The number of hydrogen-bond acceptors (Lipinski definition) is 3. The molecule has 160 valence electrons. The minimum absolute atomic E-state index is 0.789. The quantitative estimate of drug-likeness (QED) is 0.427. The molecule has 1 aliphatic rings. The molecule has 0 fully saturated rings. The molecule has 5 nitrogen and oxygen atoms in total. The zero-order valence-electron chi connectivity index (χ0n) is 19.0. The van der Waals surface area contributed by atoms with Crippen LogP contribution in [-0.4, -0.2) is 23.8 Å². The molecule has 5 heteroatoms. The lowest BCUT2D eigenvalue weighted by Gasteiger charge is -2.09. The summed E-state index contributed by atoms with van der Waals surface area (Å²) in [5.41, 5.74) is 8.79. The standard InChI is InChI=1S/C27H26N3O2/c1-17-25(19-9-7-6-8-10-19)22(16-20-15-21(31-4)11-12-24(20)32-5)27-26-23(13-14-30(17)27)29(3)18(2)28-26/h6-16H,1-5H3/q+1. The van der Waals surface area contributed by atoms with Crippen LogP contribution in [0, 0.1) is 6.92 Å². The second kappa shape index (κ2) is 7.68.